The van der Waals surface area contributed by atoms with E-state index >= 15 is 0 Å². The molecule has 0 aliphatic carbocycles. The fourth-order valence-corrected chi connectivity index (χ4v) is 3.65. The minimum atomic E-state index is -0.521. The van der Waals surface area contributed by atoms with Crippen molar-refractivity contribution < 1.29 is 19.4 Å². The molecular weight excluding hydrogens is 308 g/mol. The maximum absolute atomic E-state index is 13.0. The largest absolute Gasteiger partial charge is 0.444 e. The van der Waals surface area contributed by atoms with E-state index in [4.69, 9.17) is 4.74 Å². The Bertz CT molecular complexity index is 445. The number of carbonyl (C=O) groups excluding carboxylic acids is 2. The second-order valence-electron chi connectivity index (χ2n) is 7.96. The molecule has 0 saturated carbocycles. The molecule has 2 rings (SSSR count). The molecule has 138 valence electrons. The first kappa shape index (κ1) is 19.0. The van der Waals surface area contributed by atoms with Crippen LogP contribution in [-0.4, -0.2) is 64.8 Å². The van der Waals surface area contributed by atoms with Gasteiger partial charge in [-0.15, -0.1) is 0 Å². The summed E-state index contributed by atoms with van der Waals surface area (Å²) in [5, 5.41) is 9.24. The molecule has 1 N–H and O–H groups in total. The molecule has 2 aliphatic rings. The lowest BCUT2D eigenvalue weighted by Crippen LogP contribution is -2.51. The van der Waals surface area contributed by atoms with Gasteiger partial charge in [-0.1, -0.05) is 0 Å². The average Bonchev–Trinajstić information content (AvgIpc) is 2.53. The van der Waals surface area contributed by atoms with Crippen LogP contribution >= 0.6 is 0 Å². The predicted octanol–water partition coefficient (Wildman–Crippen LogP) is 2.40. The molecule has 24 heavy (non-hydrogen) atoms. The number of piperidine rings is 2. The molecular formula is C18H32N2O4. The zero-order valence-corrected chi connectivity index (χ0v) is 15.3. The van der Waals surface area contributed by atoms with E-state index in [0.29, 0.717) is 19.5 Å². The molecule has 2 heterocycles. The Morgan fingerprint density at radius 2 is 1.88 bits per heavy atom. The van der Waals surface area contributed by atoms with Gasteiger partial charge in [-0.3, -0.25) is 4.79 Å². The van der Waals surface area contributed by atoms with Crippen molar-refractivity contribution in [1.29, 1.82) is 0 Å². The first-order valence-electron chi connectivity index (χ1n) is 9.21. The number of aliphatic hydroxyl groups excluding tert-OH is 1. The number of hydrogen-bond donors (Lipinski definition) is 1. The predicted molar refractivity (Wildman–Crippen MR) is 91.6 cm³/mol. The number of ether oxygens (including phenoxy) is 1. The van der Waals surface area contributed by atoms with Crippen LogP contribution in [0.3, 0.4) is 0 Å². The van der Waals surface area contributed by atoms with Gasteiger partial charge in [-0.05, 0) is 59.3 Å². The molecule has 0 aromatic carbocycles. The summed E-state index contributed by atoms with van der Waals surface area (Å²) >= 11 is 0. The van der Waals surface area contributed by atoms with Crippen molar-refractivity contribution in [2.75, 3.05) is 26.2 Å². The second kappa shape index (κ2) is 8.19. The second-order valence-corrected chi connectivity index (χ2v) is 7.96. The number of hydrogen-bond acceptors (Lipinski definition) is 4. The van der Waals surface area contributed by atoms with Crippen molar-refractivity contribution in [2.24, 2.45) is 5.92 Å². The highest BCUT2D eigenvalue weighted by atomic mass is 16.6. The van der Waals surface area contributed by atoms with Gasteiger partial charge in [0.05, 0.1) is 5.92 Å². The van der Waals surface area contributed by atoms with Gasteiger partial charge in [0.25, 0.3) is 0 Å². The molecule has 0 radical (unpaired) electrons. The highest BCUT2D eigenvalue weighted by Gasteiger charge is 2.35. The SMILES string of the molecule is CC(C)(C)OC(=O)N1CCCC(C(=O)N2CCCCC2CCO)C1. The van der Waals surface area contributed by atoms with E-state index in [1.165, 1.54) is 0 Å². The molecule has 6 nitrogen and oxygen atoms in total. The van der Waals surface area contributed by atoms with Gasteiger partial charge in [0, 0.05) is 32.3 Å². The Labute approximate surface area is 145 Å². The summed E-state index contributed by atoms with van der Waals surface area (Å²) in [4.78, 5) is 28.8. The van der Waals surface area contributed by atoms with Gasteiger partial charge in [0.15, 0.2) is 0 Å². The van der Waals surface area contributed by atoms with Crippen LogP contribution in [0.25, 0.3) is 0 Å². The lowest BCUT2D eigenvalue weighted by molar-refractivity contribution is -0.141. The fraction of sp³-hybridized carbons (Fsp3) is 0.889. The van der Waals surface area contributed by atoms with E-state index in [9.17, 15) is 14.7 Å². The smallest absolute Gasteiger partial charge is 0.410 e. The average molecular weight is 340 g/mol. The van der Waals surface area contributed by atoms with Crippen LogP contribution in [0.1, 0.15) is 59.3 Å². The van der Waals surface area contributed by atoms with Gasteiger partial charge in [0.2, 0.25) is 5.91 Å². The van der Waals surface area contributed by atoms with Crippen molar-refractivity contribution in [3.63, 3.8) is 0 Å². The highest BCUT2D eigenvalue weighted by molar-refractivity contribution is 5.80. The Morgan fingerprint density at radius 3 is 2.54 bits per heavy atom. The van der Waals surface area contributed by atoms with E-state index in [-0.39, 0.29) is 30.6 Å². The van der Waals surface area contributed by atoms with Gasteiger partial charge < -0.3 is 19.6 Å². The molecule has 2 saturated heterocycles. The third kappa shape index (κ3) is 5.10. The maximum atomic E-state index is 13.0. The zero-order chi connectivity index (χ0) is 17.7. The van der Waals surface area contributed by atoms with Gasteiger partial charge in [-0.2, -0.15) is 0 Å². The monoisotopic (exact) mass is 340 g/mol. The molecule has 0 spiro atoms. The lowest BCUT2D eigenvalue weighted by Gasteiger charge is -2.40. The first-order chi connectivity index (χ1) is 11.3. The Hall–Kier alpha value is -1.30. The summed E-state index contributed by atoms with van der Waals surface area (Å²) in [6.07, 6.45) is 5.07. The normalized spacial score (nSPS) is 25.5. The van der Waals surface area contributed by atoms with Crippen LogP contribution in [0.2, 0.25) is 0 Å². The fourth-order valence-electron chi connectivity index (χ4n) is 3.65. The maximum Gasteiger partial charge on any atom is 0.410 e. The van der Waals surface area contributed by atoms with Crippen LogP contribution in [-0.2, 0) is 9.53 Å². The first-order valence-corrected chi connectivity index (χ1v) is 9.21. The summed E-state index contributed by atoms with van der Waals surface area (Å²) in [7, 11) is 0. The summed E-state index contributed by atoms with van der Waals surface area (Å²) in [6.45, 7) is 7.53. The summed E-state index contributed by atoms with van der Waals surface area (Å²) in [6, 6.07) is 0.146. The Kier molecular flexibility index (Phi) is 6.49. The summed E-state index contributed by atoms with van der Waals surface area (Å²) in [5.41, 5.74) is -0.521. The molecule has 2 unspecified atom stereocenters. The van der Waals surface area contributed by atoms with Crippen molar-refractivity contribution in [1.82, 2.24) is 9.80 Å². The number of aliphatic hydroxyl groups is 1. The number of amides is 2. The quantitative estimate of drug-likeness (QED) is 0.856. The van der Waals surface area contributed by atoms with Crippen LogP contribution in [0.15, 0.2) is 0 Å². The van der Waals surface area contributed by atoms with Crippen LogP contribution in [0.5, 0.6) is 0 Å². The minimum Gasteiger partial charge on any atom is -0.444 e. The van der Waals surface area contributed by atoms with Gasteiger partial charge in [0.1, 0.15) is 5.60 Å². The minimum absolute atomic E-state index is 0.114. The van der Waals surface area contributed by atoms with Crippen LogP contribution in [0.4, 0.5) is 4.79 Å². The van der Waals surface area contributed by atoms with Crippen molar-refractivity contribution >= 4 is 12.0 Å². The van der Waals surface area contributed by atoms with Crippen molar-refractivity contribution in [3.8, 4) is 0 Å². The van der Waals surface area contributed by atoms with Crippen molar-refractivity contribution in [2.45, 2.75) is 70.9 Å². The van der Waals surface area contributed by atoms with E-state index in [2.05, 4.69) is 0 Å². The van der Waals surface area contributed by atoms with Crippen LogP contribution in [0, 0.1) is 5.92 Å². The molecule has 2 amide bonds. The standard InChI is InChI=1S/C18H32N2O4/c1-18(2,3)24-17(23)19-10-6-7-14(13-19)16(22)20-11-5-4-8-15(20)9-12-21/h14-15,21H,4-13H2,1-3H3. The number of carbonyl (C=O) groups is 2. The molecule has 0 aromatic rings. The number of nitrogens with zero attached hydrogens (tertiary/aromatic N) is 2. The van der Waals surface area contributed by atoms with Crippen LogP contribution < -0.4 is 0 Å². The van der Waals surface area contributed by atoms with E-state index < -0.39 is 5.60 Å². The summed E-state index contributed by atoms with van der Waals surface area (Å²) < 4.78 is 5.44. The third-order valence-corrected chi connectivity index (χ3v) is 4.79. The van der Waals surface area contributed by atoms with E-state index in [0.717, 1.165) is 38.6 Å². The molecule has 0 aromatic heterocycles. The Balaban J connectivity index is 1.97. The van der Waals surface area contributed by atoms with Gasteiger partial charge in [-0.25, -0.2) is 4.79 Å². The van der Waals surface area contributed by atoms with E-state index in [1.54, 1.807) is 4.90 Å². The molecule has 2 aliphatic heterocycles. The lowest BCUT2D eigenvalue weighted by atomic mass is 9.93. The van der Waals surface area contributed by atoms with E-state index in [1.807, 2.05) is 25.7 Å². The van der Waals surface area contributed by atoms with Crippen molar-refractivity contribution in [3.05, 3.63) is 0 Å². The number of likely N-dealkylation sites (tertiary alicyclic amines) is 2. The zero-order valence-electron chi connectivity index (χ0n) is 15.3. The number of rotatable bonds is 3. The third-order valence-electron chi connectivity index (χ3n) is 4.79. The Morgan fingerprint density at radius 1 is 1.12 bits per heavy atom. The highest BCUT2D eigenvalue weighted by Crippen LogP contribution is 2.26. The molecule has 2 fully saturated rings. The summed E-state index contributed by atoms with van der Waals surface area (Å²) in [5.74, 6) is -0.00744. The van der Waals surface area contributed by atoms with Gasteiger partial charge >= 0.3 is 6.09 Å². The molecule has 6 heteroatoms. The topological polar surface area (TPSA) is 70.1 Å². The molecule has 2 atom stereocenters. The molecule has 0 bridgehead atoms.